The first-order valence-electron chi connectivity index (χ1n) is 6.10. The Morgan fingerprint density at radius 1 is 1.48 bits per heavy atom. The molecule has 2 heterocycles. The molecule has 0 saturated heterocycles. The van der Waals surface area contributed by atoms with Gasteiger partial charge in [-0.05, 0) is 6.07 Å². The molecule has 0 radical (unpaired) electrons. The molecule has 0 aromatic carbocycles. The van der Waals surface area contributed by atoms with Gasteiger partial charge in [-0.1, -0.05) is 26.0 Å². The van der Waals surface area contributed by atoms with Crippen LogP contribution in [-0.2, 0) is 12.0 Å². The van der Waals surface area contributed by atoms with Crippen molar-refractivity contribution in [2.75, 3.05) is 0 Å². The molecule has 112 valence electrons. The average molecular weight is 294 g/mol. The Hall–Kier alpha value is -2.71. The van der Waals surface area contributed by atoms with Crippen LogP contribution in [0.1, 0.15) is 42.7 Å². The highest BCUT2D eigenvalue weighted by Gasteiger charge is 2.29. The molecule has 0 spiro atoms. The highest BCUT2D eigenvalue weighted by molar-refractivity contribution is 5.86. The zero-order valence-corrected chi connectivity index (χ0v) is 11.7. The van der Waals surface area contributed by atoms with Gasteiger partial charge in [0.1, 0.15) is 17.2 Å². The molecule has 2 rings (SSSR count). The summed E-state index contributed by atoms with van der Waals surface area (Å²) in [4.78, 5) is 21.1. The molecule has 0 fully saturated rings. The van der Waals surface area contributed by atoms with Crippen LogP contribution in [0, 0.1) is 10.1 Å². The van der Waals surface area contributed by atoms with Crippen LogP contribution in [0.4, 0.5) is 5.88 Å². The van der Waals surface area contributed by atoms with E-state index >= 15 is 0 Å². The van der Waals surface area contributed by atoms with Crippen molar-refractivity contribution in [1.82, 2.24) is 15.0 Å². The van der Waals surface area contributed by atoms with E-state index in [-0.39, 0.29) is 18.1 Å². The summed E-state index contributed by atoms with van der Waals surface area (Å²) < 4.78 is 6.43. The molecular formula is C12H14N4O5. The van der Waals surface area contributed by atoms with E-state index in [1.807, 2.05) is 20.8 Å². The molecular weight excluding hydrogens is 280 g/mol. The molecule has 0 bridgehead atoms. The zero-order valence-electron chi connectivity index (χ0n) is 11.7. The largest absolute Gasteiger partial charge is 0.476 e. The quantitative estimate of drug-likeness (QED) is 0.673. The SMILES string of the molecule is CC(C)(C)c1c(C(=O)O)nnn1Cc1ccc([N+](=O)[O-])o1. The standard InChI is InChI=1S/C12H14N4O5/c1-12(2,3)10-9(11(17)18)13-14-15(10)6-7-4-5-8(21-7)16(19)20/h4-5H,6H2,1-3H3,(H,17,18). The van der Waals surface area contributed by atoms with Crippen molar-refractivity contribution in [3.05, 3.63) is 39.4 Å². The van der Waals surface area contributed by atoms with E-state index in [9.17, 15) is 14.9 Å². The summed E-state index contributed by atoms with van der Waals surface area (Å²) in [5.41, 5.74) is -0.215. The lowest BCUT2D eigenvalue weighted by Gasteiger charge is -2.19. The first-order valence-corrected chi connectivity index (χ1v) is 6.10. The van der Waals surface area contributed by atoms with E-state index in [2.05, 4.69) is 10.3 Å². The van der Waals surface area contributed by atoms with Gasteiger partial charge in [0.15, 0.2) is 5.69 Å². The van der Waals surface area contributed by atoms with Crippen LogP contribution in [0.5, 0.6) is 0 Å². The Morgan fingerprint density at radius 3 is 2.62 bits per heavy atom. The van der Waals surface area contributed by atoms with Crippen molar-refractivity contribution < 1.29 is 19.2 Å². The van der Waals surface area contributed by atoms with E-state index in [0.29, 0.717) is 11.5 Å². The van der Waals surface area contributed by atoms with E-state index < -0.39 is 16.3 Å². The molecule has 1 N–H and O–H groups in total. The molecule has 0 aliphatic rings. The van der Waals surface area contributed by atoms with Gasteiger partial charge in [-0.25, -0.2) is 9.48 Å². The molecule has 9 nitrogen and oxygen atoms in total. The number of carboxylic acids is 1. The number of rotatable bonds is 4. The first kappa shape index (κ1) is 14.7. The Labute approximate surface area is 119 Å². The van der Waals surface area contributed by atoms with Crippen LogP contribution in [-0.4, -0.2) is 31.0 Å². The van der Waals surface area contributed by atoms with Crippen LogP contribution < -0.4 is 0 Å². The molecule has 2 aromatic rings. The normalized spacial score (nSPS) is 11.6. The number of nitro groups is 1. The third kappa shape index (κ3) is 2.91. The highest BCUT2D eigenvalue weighted by Crippen LogP contribution is 2.26. The number of aromatic nitrogens is 3. The average Bonchev–Trinajstić information content (AvgIpc) is 2.94. The van der Waals surface area contributed by atoms with E-state index in [1.54, 1.807) is 0 Å². The predicted molar refractivity (Wildman–Crippen MR) is 70.1 cm³/mol. The van der Waals surface area contributed by atoms with Crippen molar-refractivity contribution in [3.63, 3.8) is 0 Å². The summed E-state index contributed by atoms with van der Waals surface area (Å²) in [5, 5.41) is 27.2. The van der Waals surface area contributed by atoms with E-state index in [1.165, 1.54) is 16.8 Å². The summed E-state index contributed by atoms with van der Waals surface area (Å²) in [5.74, 6) is -1.24. The van der Waals surface area contributed by atoms with Gasteiger partial charge in [-0.3, -0.25) is 10.1 Å². The van der Waals surface area contributed by atoms with Crippen LogP contribution in [0.15, 0.2) is 16.5 Å². The predicted octanol–water partition coefficient (Wildman–Crippen LogP) is 1.82. The van der Waals surface area contributed by atoms with Gasteiger partial charge < -0.3 is 9.52 Å². The van der Waals surface area contributed by atoms with Crippen molar-refractivity contribution >= 4 is 11.9 Å². The van der Waals surface area contributed by atoms with Gasteiger partial charge in [0.25, 0.3) is 0 Å². The fourth-order valence-corrected chi connectivity index (χ4v) is 2.01. The van der Waals surface area contributed by atoms with Crippen LogP contribution in [0.2, 0.25) is 0 Å². The van der Waals surface area contributed by atoms with Crippen molar-refractivity contribution in [3.8, 4) is 0 Å². The summed E-state index contributed by atoms with van der Waals surface area (Å²) in [6.07, 6.45) is 0. The maximum Gasteiger partial charge on any atom is 0.433 e. The van der Waals surface area contributed by atoms with E-state index in [0.717, 1.165) is 0 Å². The van der Waals surface area contributed by atoms with Crippen molar-refractivity contribution in [2.24, 2.45) is 0 Å². The van der Waals surface area contributed by atoms with E-state index in [4.69, 9.17) is 9.52 Å². The molecule has 2 aromatic heterocycles. The Balaban J connectivity index is 2.40. The molecule has 0 amide bonds. The lowest BCUT2D eigenvalue weighted by atomic mass is 9.90. The van der Waals surface area contributed by atoms with Gasteiger partial charge in [0.2, 0.25) is 0 Å². The maximum atomic E-state index is 11.2. The molecule has 0 aliphatic heterocycles. The second-order valence-electron chi connectivity index (χ2n) is 5.50. The first-order chi connectivity index (χ1) is 9.70. The number of carboxylic acid groups (broad SMARTS) is 1. The molecule has 0 unspecified atom stereocenters. The molecule has 9 heteroatoms. The van der Waals surface area contributed by atoms with Crippen LogP contribution in [0.3, 0.4) is 0 Å². The Morgan fingerprint density at radius 2 is 2.14 bits per heavy atom. The van der Waals surface area contributed by atoms with Gasteiger partial charge in [0.05, 0.1) is 11.8 Å². The van der Waals surface area contributed by atoms with Gasteiger partial charge in [-0.2, -0.15) is 0 Å². The van der Waals surface area contributed by atoms with Gasteiger partial charge in [0, 0.05) is 5.41 Å². The second kappa shape index (κ2) is 5.00. The fourth-order valence-electron chi connectivity index (χ4n) is 2.01. The fraction of sp³-hybridized carbons (Fsp3) is 0.417. The second-order valence-corrected chi connectivity index (χ2v) is 5.50. The van der Waals surface area contributed by atoms with Crippen LogP contribution in [0.25, 0.3) is 0 Å². The van der Waals surface area contributed by atoms with Crippen molar-refractivity contribution in [1.29, 1.82) is 0 Å². The number of aromatic carboxylic acids is 1. The number of carbonyl (C=O) groups is 1. The summed E-state index contributed by atoms with van der Waals surface area (Å²) in [6, 6.07) is 2.69. The molecule has 0 atom stereocenters. The highest BCUT2D eigenvalue weighted by atomic mass is 16.6. The Bertz CT molecular complexity index is 695. The summed E-state index contributed by atoms with van der Waals surface area (Å²) in [6.45, 7) is 5.57. The Kier molecular flexibility index (Phi) is 3.50. The van der Waals surface area contributed by atoms with Crippen molar-refractivity contribution in [2.45, 2.75) is 32.7 Å². The maximum absolute atomic E-state index is 11.2. The third-order valence-electron chi connectivity index (χ3n) is 2.78. The number of furan rings is 1. The zero-order chi connectivity index (χ0) is 15.8. The third-order valence-corrected chi connectivity index (χ3v) is 2.78. The summed E-state index contributed by atoms with van der Waals surface area (Å²) >= 11 is 0. The van der Waals surface area contributed by atoms with Gasteiger partial charge >= 0.3 is 11.9 Å². The van der Waals surface area contributed by atoms with Crippen LogP contribution >= 0.6 is 0 Å². The lowest BCUT2D eigenvalue weighted by Crippen LogP contribution is -2.22. The topological polar surface area (TPSA) is 124 Å². The lowest BCUT2D eigenvalue weighted by molar-refractivity contribution is -0.402. The molecule has 0 aliphatic carbocycles. The number of hydrogen-bond acceptors (Lipinski definition) is 6. The monoisotopic (exact) mass is 294 g/mol. The minimum atomic E-state index is -1.17. The summed E-state index contributed by atoms with van der Waals surface area (Å²) in [7, 11) is 0. The van der Waals surface area contributed by atoms with Gasteiger partial charge in [-0.15, -0.1) is 5.10 Å². The minimum Gasteiger partial charge on any atom is -0.476 e. The minimum absolute atomic E-state index is 0.0702. The smallest absolute Gasteiger partial charge is 0.433 e. The number of hydrogen-bond donors (Lipinski definition) is 1. The number of nitrogens with zero attached hydrogens (tertiary/aromatic N) is 4. The molecule has 21 heavy (non-hydrogen) atoms. The molecule has 0 saturated carbocycles.